The third kappa shape index (κ3) is 3.83. The number of nitrogens with zero attached hydrogens (tertiary/aromatic N) is 3. The van der Waals surface area contributed by atoms with Crippen molar-refractivity contribution in [3.05, 3.63) is 64.7 Å². The Morgan fingerprint density at radius 3 is 2.79 bits per heavy atom. The molecule has 0 atom stereocenters. The number of benzene rings is 1. The molecular formula is C18H14N4OS. The first-order valence-electron chi connectivity index (χ1n) is 7.40. The molecule has 1 amide bonds. The van der Waals surface area contributed by atoms with Crippen LogP contribution in [0.4, 0.5) is 5.69 Å². The molecule has 0 aliphatic heterocycles. The largest absolute Gasteiger partial charge is 0.325 e. The van der Waals surface area contributed by atoms with Crippen molar-refractivity contribution >= 4 is 22.9 Å². The highest BCUT2D eigenvalue weighted by atomic mass is 32.1. The maximum absolute atomic E-state index is 12.1. The molecule has 3 aromatic rings. The van der Waals surface area contributed by atoms with E-state index in [9.17, 15) is 4.79 Å². The van der Waals surface area contributed by atoms with Crippen LogP contribution in [0.15, 0.2) is 54.2 Å². The van der Waals surface area contributed by atoms with Crippen molar-refractivity contribution in [1.29, 1.82) is 5.26 Å². The van der Waals surface area contributed by atoms with Crippen molar-refractivity contribution in [1.82, 2.24) is 9.97 Å². The SMILES string of the molecule is N#Cc1ccccc1NC(=O)CCc1nc(-c2ccncc2)cs1. The van der Waals surface area contributed by atoms with Crippen molar-refractivity contribution in [2.75, 3.05) is 5.32 Å². The van der Waals surface area contributed by atoms with Gasteiger partial charge in [0.2, 0.25) is 5.91 Å². The second-order valence-corrected chi connectivity index (χ2v) is 6.01. The molecule has 0 fully saturated rings. The smallest absolute Gasteiger partial charge is 0.224 e. The van der Waals surface area contributed by atoms with Crippen LogP contribution in [0.3, 0.4) is 0 Å². The molecule has 2 aromatic heterocycles. The van der Waals surface area contributed by atoms with Crippen LogP contribution in [0, 0.1) is 11.3 Å². The third-order valence-corrected chi connectivity index (χ3v) is 4.32. The minimum Gasteiger partial charge on any atom is -0.325 e. The molecule has 1 N–H and O–H groups in total. The zero-order valence-electron chi connectivity index (χ0n) is 12.8. The Morgan fingerprint density at radius 2 is 2.00 bits per heavy atom. The lowest BCUT2D eigenvalue weighted by molar-refractivity contribution is -0.116. The zero-order valence-corrected chi connectivity index (χ0v) is 13.6. The van der Waals surface area contributed by atoms with Gasteiger partial charge in [0.1, 0.15) is 6.07 Å². The number of nitriles is 1. The van der Waals surface area contributed by atoms with E-state index in [0.29, 0.717) is 24.1 Å². The third-order valence-electron chi connectivity index (χ3n) is 3.42. The van der Waals surface area contributed by atoms with Gasteiger partial charge in [0.15, 0.2) is 0 Å². The molecule has 1 aromatic carbocycles. The van der Waals surface area contributed by atoms with Gasteiger partial charge in [-0.1, -0.05) is 12.1 Å². The first-order valence-corrected chi connectivity index (χ1v) is 8.28. The Labute approximate surface area is 143 Å². The van der Waals surface area contributed by atoms with Crippen LogP contribution in [0.25, 0.3) is 11.3 Å². The molecule has 118 valence electrons. The van der Waals surface area contributed by atoms with Crippen molar-refractivity contribution < 1.29 is 4.79 Å². The van der Waals surface area contributed by atoms with Gasteiger partial charge in [0.25, 0.3) is 0 Å². The lowest BCUT2D eigenvalue weighted by Crippen LogP contribution is -2.13. The first kappa shape index (κ1) is 15.8. The Hall–Kier alpha value is -3.04. The van der Waals surface area contributed by atoms with Gasteiger partial charge < -0.3 is 5.32 Å². The monoisotopic (exact) mass is 334 g/mol. The Kier molecular flexibility index (Phi) is 4.94. The van der Waals surface area contributed by atoms with Gasteiger partial charge in [0, 0.05) is 36.2 Å². The number of carbonyl (C=O) groups is 1. The second kappa shape index (κ2) is 7.49. The molecule has 0 saturated heterocycles. The molecular weight excluding hydrogens is 320 g/mol. The summed E-state index contributed by atoms with van der Waals surface area (Å²) in [5.74, 6) is -0.127. The number of thiazole rings is 1. The van der Waals surface area contributed by atoms with Gasteiger partial charge in [0.05, 0.1) is 22.0 Å². The van der Waals surface area contributed by atoms with E-state index in [1.807, 2.05) is 17.5 Å². The average Bonchev–Trinajstić information content (AvgIpc) is 3.10. The summed E-state index contributed by atoms with van der Waals surface area (Å²) >= 11 is 1.54. The Bertz CT molecular complexity index is 883. The number of hydrogen-bond acceptors (Lipinski definition) is 5. The molecule has 0 saturated carbocycles. The highest BCUT2D eigenvalue weighted by molar-refractivity contribution is 7.09. The van der Waals surface area contributed by atoms with E-state index >= 15 is 0 Å². The summed E-state index contributed by atoms with van der Waals surface area (Å²) in [4.78, 5) is 20.6. The summed E-state index contributed by atoms with van der Waals surface area (Å²) in [7, 11) is 0. The summed E-state index contributed by atoms with van der Waals surface area (Å²) in [6, 6.07) is 12.8. The number of pyridine rings is 1. The molecule has 0 radical (unpaired) electrons. The van der Waals surface area contributed by atoms with E-state index in [4.69, 9.17) is 5.26 Å². The van der Waals surface area contributed by atoms with Crippen LogP contribution in [0.1, 0.15) is 17.0 Å². The van der Waals surface area contributed by atoms with Crippen LogP contribution >= 0.6 is 11.3 Å². The summed E-state index contributed by atoms with van der Waals surface area (Å²) in [5.41, 5.74) is 2.91. The van der Waals surface area contributed by atoms with Crippen LogP contribution in [-0.4, -0.2) is 15.9 Å². The molecule has 0 aliphatic rings. The first-order chi connectivity index (χ1) is 11.8. The number of anilines is 1. The Morgan fingerprint density at radius 1 is 1.21 bits per heavy atom. The van der Waals surface area contributed by atoms with Gasteiger partial charge in [-0.15, -0.1) is 11.3 Å². The van der Waals surface area contributed by atoms with Crippen molar-refractivity contribution in [3.8, 4) is 17.3 Å². The number of amides is 1. The molecule has 6 heteroatoms. The minimum absolute atomic E-state index is 0.127. The zero-order chi connectivity index (χ0) is 16.8. The molecule has 5 nitrogen and oxygen atoms in total. The number of carbonyl (C=O) groups excluding carboxylic acids is 1. The molecule has 3 rings (SSSR count). The van der Waals surface area contributed by atoms with Gasteiger partial charge in [-0.3, -0.25) is 9.78 Å². The maximum atomic E-state index is 12.1. The van der Waals surface area contributed by atoms with Crippen molar-refractivity contribution in [2.24, 2.45) is 0 Å². The Balaban J connectivity index is 1.59. The van der Waals surface area contributed by atoms with E-state index in [-0.39, 0.29) is 5.91 Å². The van der Waals surface area contributed by atoms with Crippen LogP contribution in [-0.2, 0) is 11.2 Å². The predicted molar refractivity (Wildman–Crippen MR) is 93.5 cm³/mol. The molecule has 0 aliphatic carbocycles. The quantitative estimate of drug-likeness (QED) is 0.772. The van der Waals surface area contributed by atoms with Gasteiger partial charge in [-0.2, -0.15) is 5.26 Å². The van der Waals surface area contributed by atoms with Crippen molar-refractivity contribution in [3.63, 3.8) is 0 Å². The molecule has 0 unspecified atom stereocenters. The highest BCUT2D eigenvalue weighted by Gasteiger charge is 2.09. The molecule has 0 bridgehead atoms. The minimum atomic E-state index is -0.127. The van der Waals surface area contributed by atoms with E-state index in [0.717, 1.165) is 16.3 Å². The van der Waals surface area contributed by atoms with Crippen molar-refractivity contribution in [2.45, 2.75) is 12.8 Å². The fraction of sp³-hybridized carbons (Fsp3) is 0.111. The standard InChI is InChI=1S/C18H14N4OS/c19-11-14-3-1-2-4-15(14)21-17(23)5-6-18-22-16(12-24-18)13-7-9-20-10-8-13/h1-4,7-10,12H,5-6H2,(H,21,23). The van der Waals surface area contributed by atoms with Gasteiger partial charge >= 0.3 is 0 Å². The lowest BCUT2D eigenvalue weighted by atomic mass is 10.2. The number of rotatable bonds is 5. The molecule has 24 heavy (non-hydrogen) atoms. The summed E-state index contributed by atoms with van der Waals surface area (Å²) in [6.07, 6.45) is 4.35. The topological polar surface area (TPSA) is 78.7 Å². The molecule has 2 heterocycles. The fourth-order valence-corrected chi connectivity index (χ4v) is 3.01. The maximum Gasteiger partial charge on any atom is 0.224 e. The van der Waals surface area contributed by atoms with Crippen LogP contribution in [0.5, 0.6) is 0 Å². The number of aryl methyl sites for hydroxylation is 1. The van der Waals surface area contributed by atoms with E-state index in [2.05, 4.69) is 21.4 Å². The average molecular weight is 334 g/mol. The predicted octanol–water partition coefficient (Wildman–Crippen LogP) is 3.65. The number of aromatic nitrogens is 2. The van der Waals surface area contributed by atoms with E-state index in [1.54, 1.807) is 36.7 Å². The highest BCUT2D eigenvalue weighted by Crippen LogP contribution is 2.22. The van der Waals surface area contributed by atoms with E-state index < -0.39 is 0 Å². The van der Waals surface area contributed by atoms with Gasteiger partial charge in [-0.25, -0.2) is 4.98 Å². The summed E-state index contributed by atoms with van der Waals surface area (Å²) < 4.78 is 0. The fourth-order valence-electron chi connectivity index (χ4n) is 2.20. The normalized spacial score (nSPS) is 10.1. The number of para-hydroxylation sites is 1. The second-order valence-electron chi connectivity index (χ2n) is 5.07. The number of hydrogen-bond donors (Lipinski definition) is 1. The van der Waals surface area contributed by atoms with Crippen LogP contribution in [0.2, 0.25) is 0 Å². The summed E-state index contributed by atoms with van der Waals surface area (Å²) in [5, 5.41) is 14.7. The summed E-state index contributed by atoms with van der Waals surface area (Å²) in [6.45, 7) is 0. The van der Waals surface area contributed by atoms with E-state index in [1.165, 1.54) is 11.3 Å². The van der Waals surface area contributed by atoms with Crippen LogP contribution < -0.4 is 5.32 Å². The number of nitrogens with one attached hydrogen (secondary N) is 1. The lowest BCUT2D eigenvalue weighted by Gasteiger charge is -2.05. The van der Waals surface area contributed by atoms with Gasteiger partial charge in [-0.05, 0) is 24.3 Å². The molecule has 0 spiro atoms.